The van der Waals surface area contributed by atoms with Crippen LogP contribution in [0.3, 0.4) is 0 Å². The molecule has 3 unspecified atom stereocenters. The second kappa shape index (κ2) is 7.69. The molecule has 0 aliphatic heterocycles. The van der Waals surface area contributed by atoms with Gasteiger partial charge in [-0.25, -0.2) is 0 Å². The van der Waals surface area contributed by atoms with Crippen molar-refractivity contribution < 1.29 is 0 Å². The third-order valence-electron chi connectivity index (χ3n) is 4.41. The highest BCUT2D eigenvalue weighted by Gasteiger charge is 2.23. The van der Waals surface area contributed by atoms with Crippen LogP contribution in [-0.2, 0) is 0 Å². The van der Waals surface area contributed by atoms with Crippen LogP contribution in [0, 0.1) is 11.8 Å². The summed E-state index contributed by atoms with van der Waals surface area (Å²) >= 11 is 0. The molecule has 0 fully saturated rings. The van der Waals surface area contributed by atoms with E-state index in [1.165, 1.54) is 24.0 Å². The molecule has 19 heavy (non-hydrogen) atoms. The Bertz CT molecular complexity index is 351. The summed E-state index contributed by atoms with van der Waals surface area (Å²) in [6, 6.07) is 0.648. The standard InChI is InChI=1S/C18H31N/c1-7-9-18(12-14(2)3)19(6)13-17-11-8-10-15(4)16(17)5/h8,10-11,16-18H,2,7,9,12-13H2,1,3-6H3. The summed E-state index contributed by atoms with van der Waals surface area (Å²) in [4.78, 5) is 2.54. The maximum atomic E-state index is 4.08. The Morgan fingerprint density at radius 3 is 2.74 bits per heavy atom. The molecule has 0 bridgehead atoms. The molecule has 0 radical (unpaired) electrons. The molecule has 1 heteroatoms. The van der Waals surface area contributed by atoms with E-state index in [9.17, 15) is 0 Å². The minimum absolute atomic E-state index is 0.648. The van der Waals surface area contributed by atoms with Gasteiger partial charge in [-0.05, 0) is 45.6 Å². The monoisotopic (exact) mass is 261 g/mol. The maximum Gasteiger partial charge on any atom is 0.0129 e. The van der Waals surface area contributed by atoms with Gasteiger partial charge in [0.1, 0.15) is 0 Å². The van der Waals surface area contributed by atoms with Gasteiger partial charge in [-0.3, -0.25) is 0 Å². The van der Waals surface area contributed by atoms with Gasteiger partial charge in [0.25, 0.3) is 0 Å². The van der Waals surface area contributed by atoms with Crippen molar-refractivity contribution >= 4 is 0 Å². The van der Waals surface area contributed by atoms with Crippen molar-refractivity contribution in [2.45, 2.75) is 53.0 Å². The zero-order chi connectivity index (χ0) is 14.4. The molecule has 3 atom stereocenters. The van der Waals surface area contributed by atoms with Gasteiger partial charge < -0.3 is 4.90 Å². The lowest BCUT2D eigenvalue weighted by Crippen LogP contribution is -2.37. The van der Waals surface area contributed by atoms with Crippen molar-refractivity contribution in [3.8, 4) is 0 Å². The zero-order valence-electron chi connectivity index (χ0n) is 13.4. The third kappa shape index (κ3) is 4.99. The van der Waals surface area contributed by atoms with E-state index < -0.39 is 0 Å². The highest BCUT2D eigenvalue weighted by molar-refractivity contribution is 5.21. The molecule has 1 nitrogen and oxygen atoms in total. The smallest absolute Gasteiger partial charge is 0.0129 e. The Hall–Kier alpha value is -0.820. The lowest BCUT2D eigenvalue weighted by Gasteiger charge is -2.34. The molecule has 0 saturated carbocycles. The van der Waals surface area contributed by atoms with Crippen LogP contribution >= 0.6 is 0 Å². The lowest BCUT2D eigenvalue weighted by molar-refractivity contribution is 0.193. The Balaban J connectivity index is 2.61. The normalized spacial score (nSPS) is 24.4. The van der Waals surface area contributed by atoms with Crippen LogP contribution in [0.15, 0.2) is 36.0 Å². The van der Waals surface area contributed by atoms with E-state index in [2.05, 4.69) is 64.4 Å². The summed E-state index contributed by atoms with van der Waals surface area (Å²) in [5, 5.41) is 0. The molecule has 1 aliphatic carbocycles. The molecule has 108 valence electrons. The van der Waals surface area contributed by atoms with E-state index in [1.54, 1.807) is 0 Å². The van der Waals surface area contributed by atoms with Crippen molar-refractivity contribution in [3.63, 3.8) is 0 Å². The number of hydrogen-bond donors (Lipinski definition) is 0. The van der Waals surface area contributed by atoms with Gasteiger partial charge in [-0.2, -0.15) is 0 Å². The highest BCUT2D eigenvalue weighted by atomic mass is 15.1. The van der Waals surface area contributed by atoms with E-state index in [1.807, 2.05) is 0 Å². The Morgan fingerprint density at radius 2 is 2.16 bits per heavy atom. The Morgan fingerprint density at radius 1 is 1.47 bits per heavy atom. The number of nitrogens with zero attached hydrogens (tertiary/aromatic N) is 1. The van der Waals surface area contributed by atoms with Gasteiger partial charge in [0, 0.05) is 12.6 Å². The number of rotatable bonds is 7. The second-order valence-corrected chi connectivity index (χ2v) is 6.29. The first-order valence-corrected chi connectivity index (χ1v) is 7.65. The van der Waals surface area contributed by atoms with Crippen LogP contribution in [0.25, 0.3) is 0 Å². The van der Waals surface area contributed by atoms with Crippen LogP contribution in [0.1, 0.15) is 47.0 Å². The summed E-state index contributed by atoms with van der Waals surface area (Å²) in [5.41, 5.74) is 2.81. The fraction of sp³-hybridized carbons (Fsp3) is 0.667. The maximum absolute atomic E-state index is 4.08. The van der Waals surface area contributed by atoms with E-state index in [0.29, 0.717) is 17.9 Å². The van der Waals surface area contributed by atoms with Gasteiger partial charge in [0.15, 0.2) is 0 Å². The molecule has 0 N–H and O–H groups in total. The molecular weight excluding hydrogens is 230 g/mol. The first-order valence-electron chi connectivity index (χ1n) is 7.65. The Kier molecular flexibility index (Phi) is 6.57. The zero-order valence-corrected chi connectivity index (χ0v) is 13.4. The molecule has 0 saturated heterocycles. The van der Waals surface area contributed by atoms with Crippen LogP contribution in [-0.4, -0.2) is 24.5 Å². The number of hydrogen-bond acceptors (Lipinski definition) is 1. The molecule has 0 heterocycles. The fourth-order valence-electron chi connectivity index (χ4n) is 2.92. The molecule has 0 aromatic heterocycles. The van der Waals surface area contributed by atoms with Gasteiger partial charge in [0.05, 0.1) is 0 Å². The van der Waals surface area contributed by atoms with E-state index in [0.717, 1.165) is 13.0 Å². The summed E-state index contributed by atoms with van der Waals surface area (Å²) in [5.74, 6) is 1.32. The van der Waals surface area contributed by atoms with Crippen molar-refractivity contribution in [1.29, 1.82) is 0 Å². The Labute approximate surface area is 120 Å². The topological polar surface area (TPSA) is 3.24 Å². The van der Waals surface area contributed by atoms with E-state index >= 15 is 0 Å². The summed E-state index contributed by atoms with van der Waals surface area (Å²) in [7, 11) is 2.28. The molecule has 1 aliphatic rings. The first kappa shape index (κ1) is 16.2. The van der Waals surface area contributed by atoms with E-state index in [-0.39, 0.29) is 0 Å². The first-order chi connectivity index (χ1) is 8.95. The second-order valence-electron chi connectivity index (χ2n) is 6.29. The van der Waals surface area contributed by atoms with Gasteiger partial charge in [-0.1, -0.05) is 49.6 Å². The molecule has 0 aromatic carbocycles. The minimum atomic E-state index is 0.648. The largest absolute Gasteiger partial charge is 0.302 e. The lowest BCUT2D eigenvalue weighted by atomic mass is 9.83. The van der Waals surface area contributed by atoms with Gasteiger partial charge in [-0.15, -0.1) is 6.58 Å². The van der Waals surface area contributed by atoms with Gasteiger partial charge >= 0.3 is 0 Å². The molecule has 0 amide bonds. The highest BCUT2D eigenvalue weighted by Crippen LogP contribution is 2.27. The molecule has 0 aromatic rings. The third-order valence-corrected chi connectivity index (χ3v) is 4.41. The van der Waals surface area contributed by atoms with Crippen molar-refractivity contribution in [1.82, 2.24) is 4.90 Å². The predicted molar refractivity (Wildman–Crippen MR) is 86.3 cm³/mol. The van der Waals surface area contributed by atoms with Crippen LogP contribution in [0.2, 0.25) is 0 Å². The van der Waals surface area contributed by atoms with Crippen molar-refractivity contribution in [2.75, 3.05) is 13.6 Å². The molecule has 1 rings (SSSR count). The van der Waals surface area contributed by atoms with E-state index in [4.69, 9.17) is 0 Å². The molecular formula is C18H31N. The predicted octanol–water partition coefficient (Wildman–Crippen LogP) is 4.82. The van der Waals surface area contributed by atoms with Crippen LogP contribution < -0.4 is 0 Å². The van der Waals surface area contributed by atoms with Crippen LogP contribution in [0.4, 0.5) is 0 Å². The minimum Gasteiger partial charge on any atom is -0.302 e. The SMILES string of the molecule is C=C(C)CC(CCC)N(C)CC1C=CC=C(C)C1C. The molecule has 0 spiro atoms. The van der Waals surface area contributed by atoms with Crippen LogP contribution in [0.5, 0.6) is 0 Å². The van der Waals surface area contributed by atoms with Crippen molar-refractivity contribution in [3.05, 3.63) is 36.0 Å². The van der Waals surface area contributed by atoms with Gasteiger partial charge in [0.2, 0.25) is 0 Å². The average Bonchev–Trinajstić information content (AvgIpc) is 2.34. The average molecular weight is 261 g/mol. The summed E-state index contributed by atoms with van der Waals surface area (Å²) in [6.07, 6.45) is 10.5. The summed E-state index contributed by atoms with van der Waals surface area (Å²) in [6.45, 7) is 14.3. The number of allylic oxidation sites excluding steroid dienone is 3. The quantitative estimate of drug-likeness (QED) is 0.594. The van der Waals surface area contributed by atoms with Crippen molar-refractivity contribution in [2.24, 2.45) is 11.8 Å². The fourth-order valence-corrected chi connectivity index (χ4v) is 2.92. The summed E-state index contributed by atoms with van der Waals surface area (Å²) < 4.78 is 0.